The standard InChI is InChI=1S/C16H21N3O/c17-10-11-19(12-14-6-2-1-3-7-14)15(20)16(13-18)8-4-5-9-16/h1-3,6-7H,4-5,8-9,11-13,18H2. The number of nitrogens with zero attached hydrogens (tertiary/aromatic N) is 2. The van der Waals surface area contributed by atoms with Gasteiger partial charge in [0, 0.05) is 13.1 Å². The Morgan fingerprint density at radius 2 is 1.95 bits per heavy atom. The summed E-state index contributed by atoms with van der Waals surface area (Å²) < 4.78 is 0. The van der Waals surface area contributed by atoms with Crippen molar-refractivity contribution in [2.24, 2.45) is 11.1 Å². The summed E-state index contributed by atoms with van der Waals surface area (Å²) >= 11 is 0. The van der Waals surface area contributed by atoms with E-state index in [2.05, 4.69) is 6.07 Å². The van der Waals surface area contributed by atoms with Crippen molar-refractivity contribution in [2.75, 3.05) is 13.1 Å². The molecule has 0 atom stereocenters. The first-order valence-electron chi connectivity index (χ1n) is 7.12. The second kappa shape index (κ2) is 6.53. The fourth-order valence-electron chi connectivity index (χ4n) is 2.98. The summed E-state index contributed by atoms with van der Waals surface area (Å²) in [7, 11) is 0. The molecule has 1 aromatic rings. The Kier molecular flexibility index (Phi) is 4.75. The van der Waals surface area contributed by atoms with Crippen LogP contribution in [0.5, 0.6) is 0 Å². The van der Waals surface area contributed by atoms with Gasteiger partial charge in [0.15, 0.2) is 0 Å². The Bertz CT molecular complexity index is 486. The molecule has 0 spiro atoms. The minimum absolute atomic E-state index is 0.0444. The maximum Gasteiger partial charge on any atom is 0.231 e. The lowest BCUT2D eigenvalue weighted by Gasteiger charge is -2.32. The van der Waals surface area contributed by atoms with Gasteiger partial charge >= 0.3 is 0 Å². The Balaban J connectivity index is 2.16. The molecule has 2 N–H and O–H groups in total. The van der Waals surface area contributed by atoms with Gasteiger partial charge in [-0.3, -0.25) is 4.79 Å². The van der Waals surface area contributed by atoms with Gasteiger partial charge in [0.2, 0.25) is 5.91 Å². The van der Waals surface area contributed by atoms with E-state index in [0.29, 0.717) is 13.1 Å². The van der Waals surface area contributed by atoms with E-state index in [1.165, 1.54) is 0 Å². The van der Waals surface area contributed by atoms with Crippen molar-refractivity contribution >= 4 is 5.91 Å². The lowest BCUT2D eigenvalue weighted by molar-refractivity contribution is -0.141. The zero-order valence-corrected chi connectivity index (χ0v) is 11.7. The SMILES string of the molecule is N#CCN(Cc1ccccc1)C(=O)C1(CN)CCCC1. The van der Waals surface area contributed by atoms with Gasteiger partial charge in [-0.2, -0.15) is 5.26 Å². The first-order chi connectivity index (χ1) is 9.72. The molecule has 4 heteroatoms. The molecule has 20 heavy (non-hydrogen) atoms. The maximum atomic E-state index is 12.8. The van der Waals surface area contributed by atoms with E-state index in [9.17, 15) is 4.79 Å². The third-order valence-electron chi connectivity index (χ3n) is 4.17. The molecule has 0 radical (unpaired) electrons. The van der Waals surface area contributed by atoms with E-state index in [1.54, 1.807) is 4.90 Å². The highest BCUT2D eigenvalue weighted by Crippen LogP contribution is 2.39. The van der Waals surface area contributed by atoms with Crippen molar-refractivity contribution in [1.82, 2.24) is 4.90 Å². The molecule has 1 fully saturated rings. The largest absolute Gasteiger partial charge is 0.329 e. The van der Waals surface area contributed by atoms with Crippen LogP contribution in [0.1, 0.15) is 31.2 Å². The summed E-state index contributed by atoms with van der Waals surface area (Å²) in [5.74, 6) is 0.0444. The first-order valence-corrected chi connectivity index (χ1v) is 7.12. The number of carbonyl (C=O) groups excluding carboxylic acids is 1. The van der Waals surface area contributed by atoms with Crippen LogP contribution < -0.4 is 5.73 Å². The molecule has 0 aliphatic heterocycles. The molecule has 0 heterocycles. The minimum Gasteiger partial charge on any atom is -0.329 e. The molecule has 0 unspecified atom stereocenters. The van der Waals surface area contributed by atoms with Crippen molar-refractivity contribution < 1.29 is 4.79 Å². The van der Waals surface area contributed by atoms with Crippen LogP contribution in [0.2, 0.25) is 0 Å². The molecule has 106 valence electrons. The van der Waals surface area contributed by atoms with Crippen molar-refractivity contribution in [2.45, 2.75) is 32.2 Å². The van der Waals surface area contributed by atoms with Crippen LogP contribution in [0, 0.1) is 16.7 Å². The summed E-state index contributed by atoms with van der Waals surface area (Å²) in [5.41, 5.74) is 6.47. The van der Waals surface area contributed by atoms with Crippen molar-refractivity contribution in [1.29, 1.82) is 5.26 Å². The van der Waals surface area contributed by atoms with Crippen molar-refractivity contribution in [3.63, 3.8) is 0 Å². The number of nitriles is 1. The quantitative estimate of drug-likeness (QED) is 0.833. The van der Waals surface area contributed by atoms with Crippen molar-refractivity contribution in [3.8, 4) is 6.07 Å². The second-order valence-electron chi connectivity index (χ2n) is 5.50. The van der Waals surface area contributed by atoms with Crippen LogP contribution >= 0.6 is 0 Å². The van der Waals surface area contributed by atoms with Gasteiger partial charge < -0.3 is 10.6 Å². The molecule has 0 bridgehead atoms. The molecule has 1 aliphatic rings. The number of amides is 1. The Morgan fingerprint density at radius 1 is 1.30 bits per heavy atom. The molecule has 1 aliphatic carbocycles. The van der Waals surface area contributed by atoms with E-state index in [-0.39, 0.29) is 12.5 Å². The van der Waals surface area contributed by atoms with E-state index < -0.39 is 5.41 Å². The topological polar surface area (TPSA) is 70.1 Å². The minimum atomic E-state index is -0.439. The summed E-state index contributed by atoms with van der Waals surface area (Å²) in [6.07, 6.45) is 3.79. The smallest absolute Gasteiger partial charge is 0.231 e. The molecule has 1 saturated carbocycles. The zero-order chi connectivity index (χ0) is 14.4. The highest BCUT2D eigenvalue weighted by atomic mass is 16.2. The van der Waals surface area contributed by atoms with Crippen LogP contribution in [0.25, 0.3) is 0 Å². The second-order valence-corrected chi connectivity index (χ2v) is 5.50. The van der Waals surface area contributed by atoms with Crippen LogP contribution in [-0.4, -0.2) is 23.9 Å². The molecular formula is C16H21N3O. The summed E-state index contributed by atoms with van der Waals surface area (Å²) in [6, 6.07) is 11.9. The molecule has 4 nitrogen and oxygen atoms in total. The monoisotopic (exact) mass is 271 g/mol. The normalized spacial score (nSPS) is 16.6. The van der Waals surface area contributed by atoms with Gasteiger partial charge in [-0.25, -0.2) is 0 Å². The molecular weight excluding hydrogens is 250 g/mol. The number of hydrogen-bond acceptors (Lipinski definition) is 3. The summed E-state index contributed by atoms with van der Waals surface area (Å²) in [6.45, 7) is 0.979. The van der Waals surface area contributed by atoms with Gasteiger partial charge in [-0.05, 0) is 18.4 Å². The average molecular weight is 271 g/mol. The average Bonchev–Trinajstić information content (AvgIpc) is 2.97. The Labute approximate surface area is 120 Å². The number of hydrogen-bond donors (Lipinski definition) is 1. The van der Waals surface area contributed by atoms with Gasteiger partial charge in [-0.1, -0.05) is 43.2 Å². The van der Waals surface area contributed by atoms with Gasteiger partial charge in [-0.15, -0.1) is 0 Å². The predicted molar refractivity (Wildman–Crippen MR) is 77.4 cm³/mol. The first kappa shape index (κ1) is 14.5. The maximum absolute atomic E-state index is 12.8. The highest BCUT2D eigenvalue weighted by Gasteiger charge is 2.42. The van der Waals surface area contributed by atoms with Crippen molar-refractivity contribution in [3.05, 3.63) is 35.9 Å². The molecule has 0 aromatic heterocycles. The lowest BCUT2D eigenvalue weighted by Crippen LogP contribution is -2.46. The van der Waals surface area contributed by atoms with E-state index >= 15 is 0 Å². The predicted octanol–water partition coefficient (Wildman–Crippen LogP) is 2.06. The number of rotatable bonds is 5. The zero-order valence-electron chi connectivity index (χ0n) is 11.7. The van der Waals surface area contributed by atoms with E-state index in [0.717, 1.165) is 31.2 Å². The number of benzene rings is 1. The Morgan fingerprint density at radius 3 is 2.50 bits per heavy atom. The van der Waals surface area contributed by atoms with E-state index in [4.69, 9.17) is 11.0 Å². The Hall–Kier alpha value is -1.86. The fourth-order valence-corrected chi connectivity index (χ4v) is 2.98. The van der Waals surface area contributed by atoms with Gasteiger partial charge in [0.25, 0.3) is 0 Å². The number of nitrogens with two attached hydrogens (primary N) is 1. The van der Waals surface area contributed by atoms with E-state index in [1.807, 2.05) is 30.3 Å². The lowest BCUT2D eigenvalue weighted by atomic mass is 9.84. The molecule has 1 aromatic carbocycles. The van der Waals surface area contributed by atoms with Gasteiger partial charge in [0.05, 0.1) is 11.5 Å². The highest BCUT2D eigenvalue weighted by molar-refractivity contribution is 5.83. The summed E-state index contributed by atoms with van der Waals surface area (Å²) in [4.78, 5) is 14.4. The third kappa shape index (κ3) is 3.00. The van der Waals surface area contributed by atoms with Crippen LogP contribution in [0.15, 0.2) is 30.3 Å². The molecule has 1 amide bonds. The summed E-state index contributed by atoms with van der Waals surface area (Å²) in [5, 5.41) is 8.99. The third-order valence-corrected chi connectivity index (χ3v) is 4.17. The fraction of sp³-hybridized carbons (Fsp3) is 0.500. The van der Waals surface area contributed by atoms with Crippen LogP contribution in [-0.2, 0) is 11.3 Å². The van der Waals surface area contributed by atoms with Crippen LogP contribution in [0.4, 0.5) is 0 Å². The van der Waals surface area contributed by atoms with Crippen LogP contribution in [0.3, 0.4) is 0 Å². The van der Waals surface area contributed by atoms with Gasteiger partial charge in [0.1, 0.15) is 6.54 Å². The molecule has 0 saturated heterocycles. The number of carbonyl (C=O) groups is 1. The molecule has 2 rings (SSSR count).